The molecule has 0 bridgehead atoms. The average Bonchev–Trinajstić information content (AvgIpc) is 2.70. The number of sulfone groups is 1. The molecule has 2 heterocycles. The van der Waals surface area contributed by atoms with Gasteiger partial charge in [-0.3, -0.25) is 0 Å². The molecule has 1 aromatic rings. The lowest BCUT2D eigenvalue weighted by molar-refractivity contribution is 0.195. The summed E-state index contributed by atoms with van der Waals surface area (Å²) in [4.78, 5) is 14.6. The molecular formula is C12H17ClN2O3S2. The number of carbonyl (C=O) groups excluding carboxylic acids is 1. The number of nitrogens with zero attached hydrogens (tertiary/aromatic N) is 1. The van der Waals surface area contributed by atoms with E-state index in [2.05, 4.69) is 5.32 Å². The fraction of sp³-hybridized carbons (Fsp3) is 0.583. The highest BCUT2D eigenvalue weighted by Gasteiger charge is 2.26. The highest BCUT2D eigenvalue weighted by Crippen LogP contribution is 2.21. The molecule has 1 fully saturated rings. The molecule has 0 radical (unpaired) electrons. The highest BCUT2D eigenvalue weighted by atomic mass is 35.5. The molecule has 0 spiro atoms. The number of thiophene rings is 1. The Morgan fingerprint density at radius 2 is 2.30 bits per heavy atom. The van der Waals surface area contributed by atoms with Gasteiger partial charge in [0, 0.05) is 18.0 Å². The maximum absolute atomic E-state index is 12.1. The van der Waals surface area contributed by atoms with Crippen LogP contribution in [-0.4, -0.2) is 43.9 Å². The molecule has 2 amide bonds. The average molecular weight is 337 g/mol. The van der Waals surface area contributed by atoms with Crippen molar-refractivity contribution >= 4 is 38.8 Å². The summed E-state index contributed by atoms with van der Waals surface area (Å²) in [6.07, 6.45) is 0. The number of amides is 2. The van der Waals surface area contributed by atoms with Crippen molar-refractivity contribution in [1.82, 2.24) is 10.2 Å². The third kappa shape index (κ3) is 4.36. The van der Waals surface area contributed by atoms with Gasteiger partial charge in [-0.2, -0.15) is 0 Å². The van der Waals surface area contributed by atoms with E-state index in [1.165, 1.54) is 11.3 Å². The zero-order valence-corrected chi connectivity index (χ0v) is 13.5. The van der Waals surface area contributed by atoms with Crippen molar-refractivity contribution < 1.29 is 13.2 Å². The maximum Gasteiger partial charge on any atom is 0.317 e. The van der Waals surface area contributed by atoms with E-state index < -0.39 is 9.84 Å². The van der Waals surface area contributed by atoms with Crippen molar-refractivity contribution in [2.45, 2.75) is 13.5 Å². The normalized spacial score (nSPS) is 22.3. The summed E-state index contributed by atoms with van der Waals surface area (Å²) >= 11 is 7.24. The molecule has 5 nitrogen and oxygen atoms in total. The first-order valence-corrected chi connectivity index (χ1v) is 9.35. The van der Waals surface area contributed by atoms with Crippen LogP contribution in [0.3, 0.4) is 0 Å². The van der Waals surface area contributed by atoms with Crippen LogP contribution in [0.15, 0.2) is 12.1 Å². The number of nitrogens with one attached hydrogen (secondary N) is 1. The maximum atomic E-state index is 12.1. The minimum absolute atomic E-state index is 0.0373. The second-order valence-electron chi connectivity index (χ2n) is 5.03. The van der Waals surface area contributed by atoms with Gasteiger partial charge in [0.15, 0.2) is 9.84 Å². The van der Waals surface area contributed by atoms with Gasteiger partial charge in [0.2, 0.25) is 0 Å². The minimum Gasteiger partial charge on any atom is -0.333 e. The summed E-state index contributed by atoms with van der Waals surface area (Å²) in [6, 6.07) is 3.43. The predicted molar refractivity (Wildman–Crippen MR) is 81.0 cm³/mol. The van der Waals surface area contributed by atoms with Crippen LogP contribution < -0.4 is 5.32 Å². The Morgan fingerprint density at radius 1 is 1.55 bits per heavy atom. The molecule has 1 N–H and O–H groups in total. The molecule has 2 rings (SSSR count). The molecule has 1 atom stereocenters. The van der Waals surface area contributed by atoms with Gasteiger partial charge in [-0.05, 0) is 18.1 Å². The van der Waals surface area contributed by atoms with Crippen molar-refractivity contribution in [2.24, 2.45) is 5.92 Å². The van der Waals surface area contributed by atoms with Crippen molar-refractivity contribution in [1.29, 1.82) is 0 Å². The molecule has 20 heavy (non-hydrogen) atoms. The molecular weight excluding hydrogens is 320 g/mol. The summed E-state index contributed by atoms with van der Waals surface area (Å²) in [5.41, 5.74) is 0. The van der Waals surface area contributed by atoms with Crippen LogP contribution in [0.25, 0.3) is 0 Å². The van der Waals surface area contributed by atoms with Crippen molar-refractivity contribution in [3.8, 4) is 0 Å². The van der Waals surface area contributed by atoms with Gasteiger partial charge in [-0.25, -0.2) is 13.2 Å². The van der Waals surface area contributed by atoms with Gasteiger partial charge in [-0.15, -0.1) is 11.3 Å². The van der Waals surface area contributed by atoms with E-state index >= 15 is 0 Å². The molecule has 112 valence electrons. The fourth-order valence-electron chi connectivity index (χ4n) is 2.19. The smallest absolute Gasteiger partial charge is 0.317 e. The largest absolute Gasteiger partial charge is 0.333 e. The first kappa shape index (κ1) is 15.6. The Kier molecular flexibility index (Phi) is 4.93. The zero-order chi connectivity index (χ0) is 14.8. The van der Waals surface area contributed by atoms with Crippen molar-refractivity contribution in [2.75, 3.05) is 24.6 Å². The van der Waals surface area contributed by atoms with E-state index in [-0.39, 0.29) is 30.0 Å². The van der Waals surface area contributed by atoms with Gasteiger partial charge in [0.25, 0.3) is 0 Å². The summed E-state index contributed by atoms with van der Waals surface area (Å²) in [5, 5.41) is 2.80. The third-order valence-electron chi connectivity index (χ3n) is 3.07. The Hall–Kier alpha value is -0.790. The molecule has 8 heteroatoms. The lowest BCUT2D eigenvalue weighted by Crippen LogP contribution is -2.42. The minimum atomic E-state index is -3.04. The van der Waals surface area contributed by atoms with Gasteiger partial charge in [0.05, 0.1) is 22.4 Å². The van der Waals surface area contributed by atoms with Crippen LogP contribution in [0.1, 0.15) is 11.8 Å². The molecule has 0 saturated carbocycles. The van der Waals surface area contributed by atoms with Crippen LogP contribution >= 0.6 is 22.9 Å². The number of hydrogen-bond donors (Lipinski definition) is 1. The number of carbonyl (C=O) groups is 1. The number of halogens is 1. The van der Waals surface area contributed by atoms with E-state index in [0.717, 1.165) is 4.88 Å². The van der Waals surface area contributed by atoms with Gasteiger partial charge in [-0.1, -0.05) is 18.5 Å². The first-order valence-electron chi connectivity index (χ1n) is 6.33. The van der Waals surface area contributed by atoms with E-state index in [1.54, 1.807) is 11.0 Å². The number of urea groups is 1. The van der Waals surface area contributed by atoms with E-state index in [1.807, 2.05) is 13.0 Å². The monoisotopic (exact) mass is 336 g/mol. The van der Waals surface area contributed by atoms with E-state index in [0.29, 0.717) is 17.4 Å². The molecule has 1 unspecified atom stereocenters. The van der Waals surface area contributed by atoms with Crippen molar-refractivity contribution in [3.05, 3.63) is 21.3 Å². The summed E-state index contributed by atoms with van der Waals surface area (Å²) < 4.78 is 24.0. The molecule has 1 aliphatic rings. The fourth-order valence-corrected chi connectivity index (χ4v) is 4.86. The summed E-state index contributed by atoms with van der Waals surface area (Å²) in [6.45, 7) is 2.98. The van der Waals surface area contributed by atoms with Crippen LogP contribution in [0, 0.1) is 5.92 Å². The summed E-state index contributed by atoms with van der Waals surface area (Å²) in [7, 11) is -3.04. The Labute approximate surface area is 127 Å². The lowest BCUT2D eigenvalue weighted by atomic mass is 10.2. The van der Waals surface area contributed by atoms with Crippen LogP contribution in [-0.2, 0) is 16.4 Å². The molecule has 0 aliphatic carbocycles. The Balaban J connectivity index is 1.91. The second kappa shape index (κ2) is 6.32. The van der Waals surface area contributed by atoms with Gasteiger partial charge < -0.3 is 10.2 Å². The van der Waals surface area contributed by atoms with Crippen molar-refractivity contribution in [3.63, 3.8) is 0 Å². The first-order chi connectivity index (χ1) is 9.35. The topological polar surface area (TPSA) is 66.5 Å². The standard InChI is InChI=1S/C12H17ClN2O3S2/c1-9-7-15(4-5-20(17,18)8-9)12(16)14-6-10-2-3-11(13)19-10/h2-3,9H,4-8H2,1H3,(H,14,16). The Morgan fingerprint density at radius 3 is 2.95 bits per heavy atom. The lowest BCUT2D eigenvalue weighted by Gasteiger charge is -2.22. The molecule has 1 aliphatic heterocycles. The molecule has 1 saturated heterocycles. The molecule has 1 aromatic heterocycles. The Bertz CT molecular complexity index is 585. The molecule has 0 aromatic carbocycles. The predicted octanol–water partition coefficient (Wildman–Crippen LogP) is 1.98. The van der Waals surface area contributed by atoms with E-state index in [4.69, 9.17) is 11.6 Å². The van der Waals surface area contributed by atoms with Crippen LogP contribution in [0.2, 0.25) is 4.34 Å². The van der Waals surface area contributed by atoms with Crippen LogP contribution in [0.4, 0.5) is 4.79 Å². The summed E-state index contributed by atoms with van der Waals surface area (Å²) in [5.74, 6) is 0.150. The van der Waals surface area contributed by atoms with Crippen LogP contribution in [0.5, 0.6) is 0 Å². The zero-order valence-electron chi connectivity index (χ0n) is 11.1. The SMILES string of the molecule is CC1CN(C(=O)NCc2ccc(Cl)s2)CCS(=O)(=O)C1. The highest BCUT2D eigenvalue weighted by molar-refractivity contribution is 7.91. The van der Waals surface area contributed by atoms with E-state index in [9.17, 15) is 13.2 Å². The number of hydrogen-bond acceptors (Lipinski definition) is 4. The number of rotatable bonds is 2. The quantitative estimate of drug-likeness (QED) is 0.898. The van der Waals surface area contributed by atoms with Gasteiger partial charge in [0.1, 0.15) is 0 Å². The van der Waals surface area contributed by atoms with Gasteiger partial charge >= 0.3 is 6.03 Å². The second-order valence-corrected chi connectivity index (χ2v) is 9.06. The third-order valence-corrected chi connectivity index (χ3v) is 6.19.